The van der Waals surface area contributed by atoms with Crippen LogP contribution in [0.4, 0.5) is 0 Å². The summed E-state index contributed by atoms with van der Waals surface area (Å²) in [6, 6.07) is 0. The Morgan fingerprint density at radius 3 is 3.12 bits per heavy atom. The average molecular weight is 252 g/mol. The first-order valence-electron chi connectivity index (χ1n) is 5.46. The van der Waals surface area contributed by atoms with E-state index in [9.17, 15) is 4.79 Å². The molecule has 1 aliphatic heterocycles. The number of carbonyl (C=O) groups is 1. The average Bonchev–Trinajstić information content (AvgIpc) is 2.94. The van der Waals surface area contributed by atoms with E-state index in [1.54, 1.807) is 0 Å². The maximum absolute atomic E-state index is 11.0. The molecule has 0 spiro atoms. The fourth-order valence-electron chi connectivity index (χ4n) is 2.13. The molecule has 0 amide bonds. The SMILES string of the molecule is Cc1c(C(=O)O)sc2nc(C3CCOC3)cn12. The second kappa shape index (κ2) is 3.82. The predicted octanol–water partition coefficient (Wildman–Crippen LogP) is 1.91. The quantitative estimate of drug-likeness (QED) is 0.886. The van der Waals surface area contributed by atoms with E-state index >= 15 is 0 Å². The van der Waals surface area contributed by atoms with Crippen molar-refractivity contribution in [1.82, 2.24) is 9.38 Å². The summed E-state index contributed by atoms with van der Waals surface area (Å²) in [4.78, 5) is 16.6. The zero-order valence-electron chi connectivity index (χ0n) is 9.34. The van der Waals surface area contributed by atoms with Crippen LogP contribution in [0.2, 0.25) is 0 Å². The van der Waals surface area contributed by atoms with Crippen molar-refractivity contribution in [2.24, 2.45) is 0 Å². The minimum Gasteiger partial charge on any atom is -0.477 e. The van der Waals surface area contributed by atoms with Crippen molar-refractivity contribution in [2.75, 3.05) is 13.2 Å². The molecule has 5 nitrogen and oxygen atoms in total. The molecule has 6 heteroatoms. The molecule has 1 N–H and O–H groups in total. The second-order valence-corrected chi connectivity index (χ2v) is 5.18. The van der Waals surface area contributed by atoms with Crippen LogP contribution < -0.4 is 0 Å². The topological polar surface area (TPSA) is 63.8 Å². The highest BCUT2D eigenvalue weighted by molar-refractivity contribution is 7.18. The zero-order valence-corrected chi connectivity index (χ0v) is 10.2. The lowest BCUT2D eigenvalue weighted by atomic mass is 10.1. The normalized spacial score (nSPS) is 20.2. The Labute approximate surface area is 102 Å². The minimum atomic E-state index is -0.885. The highest BCUT2D eigenvalue weighted by Crippen LogP contribution is 2.29. The number of nitrogens with zero attached hydrogens (tertiary/aromatic N) is 2. The summed E-state index contributed by atoms with van der Waals surface area (Å²) in [5.74, 6) is -0.529. The van der Waals surface area contributed by atoms with Gasteiger partial charge in [0.1, 0.15) is 4.88 Å². The van der Waals surface area contributed by atoms with Crippen LogP contribution >= 0.6 is 11.3 Å². The number of aromatic carboxylic acids is 1. The van der Waals surface area contributed by atoms with E-state index in [0.717, 1.165) is 36.0 Å². The molecule has 90 valence electrons. The lowest BCUT2D eigenvalue weighted by molar-refractivity contribution is 0.0701. The molecule has 1 saturated heterocycles. The first-order chi connectivity index (χ1) is 8.16. The summed E-state index contributed by atoms with van der Waals surface area (Å²) >= 11 is 1.22. The monoisotopic (exact) mass is 252 g/mol. The molecule has 1 aliphatic rings. The first kappa shape index (κ1) is 10.7. The summed E-state index contributed by atoms with van der Waals surface area (Å²) < 4.78 is 7.20. The van der Waals surface area contributed by atoms with Gasteiger partial charge in [-0.2, -0.15) is 0 Å². The number of hydrogen-bond donors (Lipinski definition) is 1. The van der Waals surface area contributed by atoms with Gasteiger partial charge in [-0.15, -0.1) is 0 Å². The Kier molecular flexibility index (Phi) is 2.41. The minimum absolute atomic E-state index is 0.356. The third-order valence-corrected chi connectivity index (χ3v) is 4.26. The first-order valence-corrected chi connectivity index (χ1v) is 6.28. The van der Waals surface area contributed by atoms with Crippen LogP contribution in [0.3, 0.4) is 0 Å². The zero-order chi connectivity index (χ0) is 12.0. The number of carboxylic acids is 1. The fourth-order valence-corrected chi connectivity index (χ4v) is 3.09. The van der Waals surface area contributed by atoms with Crippen molar-refractivity contribution in [3.05, 3.63) is 22.5 Å². The van der Waals surface area contributed by atoms with Gasteiger partial charge in [-0.05, 0) is 13.3 Å². The van der Waals surface area contributed by atoms with Gasteiger partial charge in [-0.25, -0.2) is 9.78 Å². The van der Waals surface area contributed by atoms with Crippen LogP contribution in [0.25, 0.3) is 4.96 Å². The van der Waals surface area contributed by atoms with Gasteiger partial charge in [0.05, 0.1) is 12.3 Å². The number of ether oxygens (including phenoxy) is 1. The Balaban J connectivity index is 2.05. The van der Waals surface area contributed by atoms with Crippen LogP contribution in [0.1, 0.15) is 33.4 Å². The van der Waals surface area contributed by atoms with Gasteiger partial charge >= 0.3 is 5.97 Å². The standard InChI is InChI=1S/C11H12N2O3S/c1-6-9(10(14)15)17-11-12-8(4-13(6)11)7-2-3-16-5-7/h4,7H,2-3,5H2,1H3,(H,14,15). The molecule has 17 heavy (non-hydrogen) atoms. The number of carboxylic acid groups (broad SMARTS) is 1. The van der Waals surface area contributed by atoms with E-state index in [2.05, 4.69) is 4.98 Å². The van der Waals surface area contributed by atoms with Crippen molar-refractivity contribution in [1.29, 1.82) is 0 Å². The Hall–Kier alpha value is -1.40. The molecule has 1 atom stereocenters. The largest absolute Gasteiger partial charge is 0.477 e. The molecule has 2 aromatic heterocycles. The van der Waals surface area contributed by atoms with Crippen LogP contribution in [0, 0.1) is 6.92 Å². The number of hydrogen-bond acceptors (Lipinski definition) is 4. The van der Waals surface area contributed by atoms with Crippen molar-refractivity contribution in [2.45, 2.75) is 19.3 Å². The molecule has 3 heterocycles. The lowest BCUT2D eigenvalue weighted by Crippen LogP contribution is -1.99. The lowest BCUT2D eigenvalue weighted by Gasteiger charge is -2.01. The molecule has 1 fully saturated rings. The van der Waals surface area contributed by atoms with Crippen molar-refractivity contribution in [3.63, 3.8) is 0 Å². The van der Waals surface area contributed by atoms with E-state index in [-0.39, 0.29) is 0 Å². The van der Waals surface area contributed by atoms with Gasteiger partial charge in [0.25, 0.3) is 0 Å². The molecule has 0 radical (unpaired) electrons. The van der Waals surface area contributed by atoms with Gasteiger partial charge in [0.15, 0.2) is 4.96 Å². The smallest absolute Gasteiger partial charge is 0.347 e. The number of thiazole rings is 1. The molecule has 1 unspecified atom stereocenters. The number of rotatable bonds is 2. The molecule has 3 rings (SSSR count). The second-order valence-electron chi connectivity index (χ2n) is 4.20. The van der Waals surface area contributed by atoms with E-state index < -0.39 is 5.97 Å². The summed E-state index contributed by atoms with van der Waals surface area (Å²) in [6.07, 6.45) is 2.93. The van der Waals surface area contributed by atoms with E-state index in [4.69, 9.17) is 9.84 Å². The molecule has 0 aliphatic carbocycles. The van der Waals surface area contributed by atoms with Gasteiger partial charge in [-0.3, -0.25) is 4.40 Å². The van der Waals surface area contributed by atoms with Gasteiger partial charge < -0.3 is 9.84 Å². The molecule has 0 bridgehead atoms. The molecule has 2 aromatic rings. The van der Waals surface area contributed by atoms with Crippen molar-refractivity contribution in [3.8, 4) is 0 Å². The van der Waals surface area contributed by atoms with Crippen molar-refractivity contribution >= 4 is 22.3 Å². The maximum Gasteiger partial charge on any atom is 0.347 e. The Morgan fingerprint density at radius 1 is 1.71 bits per heavy atom. The fraction of sp³-hybridized carbons (Fsp3) is 0.455. The molecule has 0 saturated carbocycles. The van der Waals surface area contributed by atoms with Gasteiger partial charge in [-0.1, -0.05) is 11.3 Å². The van der Waals surface area contributed by atoms with Crippen LogP contribution in [0.15, 0.2) is 6.20 Å². The third kappa shape index (κ3) is 1.64. The van der Waals surface area contributed by atoms with Crippen LogP contribution in [0.5, 0.6) is 0 Å². The Morgan fingerprint density at radius 2 is 2.53 bits per heavy atom. The van der Waals surface area contributed by atoms with Gasteiger partial charge in [0, 0.05) is 24.4 Å². The summed E-state index contributed by atoms with van der Waals surface area (Å²) in [5.41, 5.74) is 1.75. The van der Waals surface area contributed by atoms with Gasteiger partial charge in [0.2, 0.25) is 0 Å². The number of aryl methyl sites for hydroxylation is 1. The maximum atomic E-state index is 11.0. The number of imidazole rings is 1. The van der Waals surface area contributed by atoms with E-state index in [0.29, 0.717) is 10.8 Å². The van der Waals surface area contributed by atoms with E-state index in [1.165, 1.54) is 11.3 Å². The predicted molar refractivity (Wildman–Crippen MR) is 62.9 cm³/mol. The number of fused-ring (bicyclic) bond motifs is 1. The molecular weight excluding hydrogens is 240 g/mol. The molecule has 0 aromatic carbocycles. The number of aromatic nitrogens is 2. The van der Waals surface area contributed by atoms with Crippen LogP contribution in [-0.4, -0.2) is 33.7 Å². The summed E-state index contributed by atoms with van der Waals surface area (Å²) in [7, 11) is 0. The van der Waals surface area contributed by atoms with E-state index in [1.807, 2.05) is 17.5 Å². The highest BCUT2D eigenvalue weighted by atomic mass is 32.1. The Bertz CT molecular complexity index is 581. The van der Waals surface area contributed by atoms with Crippen molar-refractivity contribution < 1.29 is 14.6 Å². The molecular formula is C11H12N2O3S. The highest BCUT2D eigenvalue weighted by Gasteiger charge is 2.23. The summed E-state index contributed by atoms with van der Waals surface area (Å²) in [6.45, 7) is 3.31. The third-order valence-electron chi connectivity index (χ3n) is 3.12. The summed E-state index contributed by atoms with van der Waals surface area (Å²) in [5, 5.41) is 9.02. The van der Waals surface area contributed by atoms with Crippen LogP contribution in [-0.2, 0) is 4.74 Å².